The molecule has 0 bridgehead atoms. The predicted molar refractivity (Wildman–Crippen MR) is 80.0 cm³/mol. The molecule has 1 N–H and O–H groups in total. The maximum absolute atomic E-state index is 4.48. The van der Waals surface area contributed by atoms with Crippen LogP contribution < -0.4 is 5.32 Å². The van der Waals surface area contributed by atoms with Crippen LogP contribution in [-0.4, -0.2) is 27.9 Å². The molecule has 1 aromatic heterocycles. The monoisotopic (exact) mass is 270 g/mol. The number of para-hydroxylation sites is 1. The molecule has 0 aliphatic carbocycles. The molecule has 20 heavy (non-hydrogen) atoms. The second-order valence-corrected chi connectivity index (χ2v) is 5.67. The second-order valence-electron chi connectivity index (χ2n) is 5.67. The Morgan fingerprint density at radius 2 is 2.15 bits per heavy atom. The molecule has 1 unspecified atom stereocenters. The normalized spacial score (nSPS) is 22.9. The summed E-state index contributed by atoms with van der Waals surface area (Å²) in [6.45, 7) is 4.37. The highest BCUT2D eigenvalue weighted by Gasteiger charge is 2.37. The van der Waals surface area contributed by atoms with E-state index in [1.165, 1.54) is 19.3 Å². The molecule has 1 fully saturated rings. The van der Waals surface area contributed by atoms with Gasteiger partial charge >= 0.3 is 0 Å². The number of aromatic nitrogens is 3. The average molecular weight is 270 g/mol. The van der Waals surface area contributed by atoms with Crippen LogP contribution in [0.2, 0.25) is 0 Å². The van der Waals surface area contributed by atoms with Crippen LogP contribution in [0, 0.1) is 0 Å². The summed E-state index contributed by atoms with van der Waals surface area (Å²) < 4.78 is 2.16. The lowest BCUT2D eigenvalue weighted by atomic mass is 9.76. The Balaban J connectivity index is 2.02. The number of hydrogen-bond donors (Lipinski definition) is 1. The second kappa shape index (κ2) is 5.75. The molecule has 4 heteroatoms. The molecule has 0 amide bonds. The molecule has 0 radical (unpaired) electrons. The van der Waals surface area contributed by atoms with Gasteiger partial charge in [0, 0.05) is 17.6 Å². The van der Waals surface area contributed by atoms with Crippen molar-refractivity contribution in [2.75, 3.05) is 13.1 Å². The van der Waals surface area contributed by atoms with Crippen LogP contribution in [0.25, 0.3) is 5.69 Å². The van der Waals surface area contributed by atoms with Gasteiger partial charge in [-0.3, -0.25) is 4.57 Å². The lowest BCUT2D eigenvalue weighted by Gasteiger charge is -2.36. The Morgan fingerprint density at radius 3 is 2.85 bits per heavy atom. The summed E-state index contributed by atoms with van der Waals surface area (Å²) in [6.07, 6.45) is 6.58. The molecule has 2 aromatic rings. The van der Waals surface area contributed by atoms with Gasteiger partial charge in [-0.25, -0.2) is 0 Å². The fourth-order valence-corrected chi connectivity index (χ4v) is 3.34. The Hall–Kier alpha value is -1.68. The molecule has 4 nitrogen and oxygen atoms in total. The van der Waals surface area contributed by atoms with Crippen molar-refractivity contribution in [3.63, 3.8) is 0 Å². The summed E-state index contributed by atoms with van der Waals surface area (Å²) in [7, 11) is 0. The van der Waals surface area contributed by atoms with E-state index in [2.05, 4.69) is 51.3 Å². The van der Waals surface area contributed by atoms with Crippen molar-refractivity contribution in [2.24, 2.45) is 0 Å². The minimum atomic E-state index is 0.124. The van der Waals surface area contributed by atoms with Gasteiger partial charge in [-0.2, -0.15) is 0 Å². The quantitative estimate of drug-likeness (QED) is 0.929. The first-order valence-corrected chi connectivity index (χ1v) is 7.52. The Bertz CT molecular complexity index is 535. The standard InChI is InChI=1S/C16H22N4/c1-2-9-16(10-6-11-17-12-16)15-19-18-13-20(15)14-7-4-3-5-8-14/h3-5,7-8,13,17H,2,6,9-12H2,1H3. The van der Waals surface area contributed by atoms with Gasteiger partial charge in [0.05, 0.1) is 0 Å². The first-order chi connectivity index (χ1) is 9.86. The fourth-order valence-electron chi connectivity index (χ4n) is 3.34. The lowest BCUT2D eigenvalue weighted by molar-refractivity contribution is 0.272. The highest BCUT2D eigenvalue weighted by atomic mass is 15.3. The maximum Gasteiger partial charge on any atom is 0.144 e. The van der Waals surface area contributed by atoms with Crippen molar-refractivity contribution < 1.29 is 0 Å². The minimum absolute atomic E-state index is 0.124. The zero-order valence-corrected chi connectivity index (χ0v) is 12.0. The number of benzene rings is 1. The molecule has 2 heterocycles. The Labute approximate surface area is 120 Å². The largest absolute Gasteiger partial charge is 0.316 e. The molecule has 3 rings (SSSR count). The van der Waals surface area contributed by atoms with Gasteiger partial charge < -0.3 is 5.32 Å². The van der Waals surface area contributed by atoms with Gasteiger partial charge in [-0.1, -0.05) is 31.5 Å². The minimum Gasteiger partial charge on any atom is -0.316 e. The molecule has 1 saturated heterocycles. The molecular formula is C16H22N4. The molecule has 1 aliphatic heterocycles. The van der Waals surface area contributed by atoms with Crippen molar-refractivity contribution in [3.05, 3.63) is 42.5 Å². The third kappa shape index (κ3) is 2.36. The average Bonchev–Trinajstić information content (AvgIpc) is 2.99. The van der Waals surface area contributed by atoms with Crippen molar-refractivity contribution in [3.8, 4) is 5.69 Å². The Morgan fingerprint density at radius 1 is 1.30 bits per heavy atom. The van der Waals surface area contributed by atoms with Crippen molar-refractivity contribution >= 4 is 0 Å². The van der Waals surface area contributed by atoms with E-state index in [1.807, 2.05) is 12.4 Å². The van der Waals surface area contributed by atoms with E-state index in [0.717, 1.165) is 31.0 Å². The molecule has 106 valence electrons. The third-order valence-corrected chi connectivity index (χ3v) is 4.26. The van der Waals surface area contributed by atoms with E-state index in [0.29, 0.717) is 0 Å². The van der Waals surface area contributed by atoms with Crippen LogP contribution in [0.4, 0.5) is 0 Å². The van der Waals surface area contributed by atoms with E-state index in [9.17, 15) is 0 Å². The van der Waals surface area contributed by atoms with Gasteiger partial charge in [0.2, 0.25) is 0 Å². The van der Waals surface area contributed by atoms with Gasteiger partial charge in [0.25, 0.3) is 0 Å². The van der Waals surface area contributed by atoms with Crippen molar-refractivity contribution in [2.45, 2.75) is 38.0 Å². The van der Waals surface area contributed by atoms with Gasteiger partial charge in [-0.05, 0) is 37.9 Å². The van der Waals surface area contributed by atoms with Crippen molar-refractivity contribution in [1.29, 1.82) is 0 Å². The zero-order valence-electron chi connectivity index (χ0n) is 12.0. The smallest absolute Gasteiger partial charge is 0.144 e. The number of nitrogens with one attached hydrogen (secondary N) is 1. The molecular weight excluding hydrogens is 248 g/mol. The molecule has 1 atom stereocenters. The summed E-state index contributed by atoms with van der Waals surface area (Å²) in [4.78, 5) is 0. The van der Waals surface area contributed by atoms with E-state index >= 15 is 0 Å². The Kier molecular flexibility index (Phi) is 3.83. The topological polar surface area (TPSA) is 42.7 Å². The van der Waals surface area contributed by atoms with Crippen LogP contribution in [0.1, 0.15) is 38.4 Å². The van der Waals surface area contributed by atoms with E-state index < -0.39 is 0 Å². The summed E-state index contributed by atoms with van der Waals surface area (Å²) in [6, 6.07) is 10.4. The summed E-state index contributed by atoms with van der Waals surface area (Å²) in [5.41, 5.74) is 1.27. The predicted octanol–water partition coefficient (Wildman–Crippen LogP) is 2.69. The van der Waals surface area contributed by atoms with Crippen LogP contribution in [-0.2, 0) is 5.41 Å². The number of rotatable bonds is 4. The van der Waals surface area contributed by atoms with Crippen LogP contribution in [0.15, 0.2) is 36.7 Å². The third-order valence-electron chi connectivity index (χ3n) is 4.26. The molecule has 0 spiro atoms. The van der Waals surface area contributed by atoms with Crippen molar-refractivity contribution in [1.82, 2.24) is 20.1 Å². The lowest BCUT2D eigenvalue weighted by Crippen LogP contribution is -2.45. The van der Waals surface area contributed by atoms with E-state index in [4.69, 9.17) is 0 Å². The summed E-state index contributed by atoms with van der Waals surface area (Å²) in [5.74, 6) is 1.11. The van der Waals surface area contributed by atoms with Crippen LogP contribution in [0.5, 0.6) is 0 Å². The fraction of sp³-hybridized carbons (Fsp3) is 0.500. The van der Waals surface area contributed by atoms with E-state index in [1.54, 1.807) is 0 Å². The first kappa shape index (κ1) is 13.3. The highest BCUT2D eigenvalue weighted by Crippen LogP contribution is 2.35. The maximum atomic E-state index is 4.48. The SMILES string of the molecule is CCCC1(c2nncn2-c2ccccc2)CCCNC1. The van der Waals surface area contributed by atoms with Gasteiger partial charge in [0.1, 0.15) is 12.2 Å². The number of nitrogens with zero attached hydrogens (tertiary/aromatic N) is 3. The summed E-state index contributed by atoms with van der Waals surface area (Å²) in [5, 5.41) is 12.2. The molecule has 0 saturated carbocycles. The highest BCUT2D eigenvalue weighted by molar-refractivity contribution is 5.34. The van der Waals surface area contributed by atoms with Gasteiger partial charge in [-0.15, -0.1) is 10.2 Å². The molecule has 1 aromatic carbocycles. The number of hydrogen-bond acceptors (Lipinski definition) is 3. The molecule has 1 aliphatic rings. The van der Waals surface area contributed by atoms with Crippen LogP contribution in [0.3, 0.4) is 0 Å². The zero-order chi connectivity index (χ0) is 13.8. The number of piperidine rings is 1. The first-order valence-electron chi connectivity index (χ1n) is 7.52. The van der Waals surface area contributed by atoms with Gasteiger partial charge in [0.15, 0.2) is 0 Å². The van der Waals surface area contributed by atoms with E-state index in [-0.39, 0.29) is 5.41 Å². The van der Waals surface area contributed by atoms with Crippen LogP contribution >= 0.6 is 0 Å². The summed E-state index contributed by atoms with van der Waals surface area (Å²) >= 11 is 0.